The van der Waals surface area contributed by atoms with Gasteiger partial charge in [-0.3, -0.25) is 4.79 Å². The van der Waals surface area contributed by atoms with Crippen molar-refractivity contribution in [1.29, 1.82) is 0 Å². The highest BCUT2D eigenvalue weighted by atomic mass is 16.5. The lowest BCUT2D eigenvalue weighted by Crippen LogP contribution is -2.24. The van der Waals surface area contributed by atoms with Crippen LogP contribution in [-0.4, -0.2) is 11.9 Å². The molecule has 14 heavy (non-hydrogen) atoms. The number of ketones is 1. The van der Waals surface area contributed by atoms with E-state index in [4.69, 9.17) is 4.74 Å². The molecular formula is C12H14O2. The van der Waals surface area contributed by atoms with Gasteiger partial charge in [-0.1, -0.05) is 0 Å². The quantitative estimate of drug-likeness (QED) is 0.628. The number of carbonyl (C=O) groups is 1. The molecule has 1 aliphatic heterocycles. The Bertz CT molecular complexity index is 394. The average Bonchev–Trinajstić information content (AvgIpc) is 2.08. The largest absolute Gasteiger partial charge is 0.489 e. The van der Waals surface area contributed by atoms with Gasteiger partial charge in [-0.15, -0.1) is 0 Å². The number of ether oxygens (including phenoxy) is 1. The van der Waals surface area contributed by atoms with Crippen LogP contribution in [0.3, 0.4) is 0 Å². The van der Waals surface area contributed by atoms with E-state index in [9.17, 15) is 4.79 Å². The van der Waals surface area contributed by atoms with Crippen molar-refractivity contribution in [3.05, 3.63) is 28.8 Å². The van der Waals surface area contributed by atoms with Crippen LogP contribution in [0, 0.1) is 13.8 Å². The maximum atomic E-state index is 11.7. The van der Waals surface area contributed by atoms with Gasteiger partial charge < -0.3 is 4.74 Å². The van der Waals surface area contributed by atoms with E-state index in [2.05, 4.69) is 0 Å². The van der Waals surface area contributed by atoms with Gasteiger partial charge >= 0.3 is 0 Å². The smallest absolute Gasteiger partial charge is 0.170 e. The van der Waals surface area contributed by atoms with Crippen LogP contribution in [0.15, 0.2) is 12.1 Å². The van der Waals surface area contributed by atoms with Crippen molar-refractivity contribution in [3.8, 4) is 5.75 Å². The van der Waals surface area contributed by atoms with Gasteiger partial charge in [0.1, 0.15) is 11.9 Å². The molecule has 0 amide bonds. The van der Waals surface area contributed by atoms with Gasteiger partial charge in [0, 0.05) is 6.42 Å². The van der Waals surface area contributed by atoms with Crippen LogP contribution in [-0.2, 0) is 0 Å². The second kappa shape index (κ2) is 3.12. The Labute approximate surface area is 83.9 Å². The zero-order valence-corrected chi connectivity index (χ0v) is 8.76. The number of rotatable bonds is 0. The summed E-state index contributed by atoms with van der Waals surface area (Å²) in [4.78, 5) is 11.7. The van der Waals surface area contributed by atoms with Crippen LogP contribution in [0.1, 0.15) is 34.8 Å². The van der Waals surface area contributed by atoms with Crippen LogP contribution < -0.4 is 4.74 Å². The van der Waals surface area contributed by atoms with Gasteiger partial charge in [0.05, 0.1) is 5.56 Å². The minimum absolute atomic E-state index is 0.0112. The number of fused-ring (bicyclic) bond motifs is 1. The summed E-state index contributed by atoms with van der Waals surface area (Å²) >= 11 is 0. The first-order valence-electron chi connectivity index (χ1n) is 4.89. The molecule has 2 rings (SSSR count). The standard InChI is InChI=1S/C12H14O2/c1-7-4-10-11(13)6-9(3)14-12(10)5-8(7)2/h4-5,9H,6H2,1-3H3. The summed E-state index contributed by atoms with van der Waals surface area (Å²) in [5.41, 5.74) is 3.06. The number of hydrogen-bond donors (Lipinski definition) is 0. The van der Waals surface area contributed by atoms with Crippen molar-refractivity contribution >= 4 is 5.78 Å². The maximum absolute atomic E-state index is 11.7. The van der Waals surface area contributed by atoms with Gasteiger partial charge in [0.15, 0.2) is 5.78 Å². The van der Waals surface area contributed by atoms with E-state index in [1.807, 2.05) is 32.9 Å². The van der Waals surface area contributed by atoms with E-state index < -0.39 is 0 Å². The Morgan fingerprint density at radius 1 is 1.29 bits per heavy atom. The number of Topliss-reactive ketones (excluding diaryl/α,β-unsaturated/α-hetero) is 1. The highest BCUT2D eigenvalue weighted by molar-refractivity contribution is 6.00. The molecule has 1 aromatic rings. The predicted molar refractivity (Wildman–Crippen MR) is 55.0 cm³/mol. The van der Waals surface area contributed by atoms with Crippen LogP contribution in [0.5, 0.6) is 5.75 Å². The highest BCUT2D eigenvalue weighted by Gasteiger charge is 2.23. The van der Waals surface area contributed by atoms with E-state index in [1.165, 1.54) is 5.56 Å². The summed E-state index contributed by atoms with van der Waals surface area (Å²) < 4.78 is 5.62. The molecule has 0 N–H and O–H groups in total. The summed E-state index contributed by atoms with van der Waals surface area (Å²) in [6.07, 6.45) is 0.507. The van der Waals surface area contributed by atoms with E-state index in [0.717, 1.165) is 16.9 Å². The summed E-state index contributed by atoms with van der Waals surface area (Å²) in [7, 11) is 0. The highest BCUT2D eigenvalue weighted by Crippen LogP contribution is 2.29. The van der Waals surface area contributed by atoms with Gasteiger partial charge in [-0.25, -0.2) is 0 Å². The molecule has 0 saturated heterocycles. The fourth-order valence-electron chi connectivity index (χ4n) is 1.73. The van der Waals surface area contributed by atoms with E-state index in [0.29, 0.717) is 6.42 Å². The Hall–Kier alpha value is -1.31. The summed E-state index contributed by atoms with van der Waals surface area (Å²) in [5.74, 6) is 0.943. The third-order valence-corrected chi connectivity index (χ3v) is 2.70. The third-order valence-electron chi connectivity index (χ3n) is 2.70. The monoisotopic (exact) mass is 190 g/mol. The second-order valence-corrected chi connectivity index (χ2v) is 3.99. The average molecular weight is 190 g/mol. The minimum atomic E-state index is 0.0112. The fourth-order valence-corrected chi connectivity index (χ4v) is 1.73. The topological polar surface area (TPSA) is 26.3 Å². The van der Waals surface area contributed by atoms with Crippen molar-refractivity contribution in [2.45, 2.75) is 33.3 Å². The molecular weight excluding hydrogens is 176 g/mol. The van der Waals surface area contributed by atoms with Gasteiger partial charge in [-0.05, 0) is 44.0 Å². The molecule has 0 bridgehead atoms. The number of aryl methyl sites for hydroxylation is 2. The molecule has 0 radical (unpaired) electrons. The van der Waals surface area contributed by atoms with Crippen LogP contribution in [0.4, 0.5) is 0 Å². The van der Waals surface area contributed by atoms with Crippen molar-refractivity contribution < 1.29 is 9.53 Å². The Morgan fingerprint density at radius 3 is 2.64 bits per heavy atom. The first-order chi connectivity index (χ1) is 6.58. The molecule has 1 atom stereocenters. The number of carbonyl (C=O) groups excluding carboxylic acids is 1. The number of benzene rings is 1. The van der Waals surface area contributed by atoms with Gasteiger partial charge in [0.25, 0.3) is 0 Å². The van der Waals surface area contributed by atoms with Gasteiger partial charge in [0.2, 0.25) is 0 Å². The molecule has 1 unspecified atom stereocenters. The summed E-state index contributed by atoms with van der Waals surface area (Å²) in [6.45, 7) is 5.97. The van der Waals surface area contributed by atoms with Crippen molar-refractivity contribution in [2.75, 3.05) is 0 Å². The first-order valence-corrected chi connectivity index (χ1v) is 4.89. The van der Waals surface area contributed by atoms with Crippen LogP contribution in [0.25, 0.3) is 0 Å². The lowest BCUT2D eigenvalue weighted by molar-refractivity contribution is 0.0871. The molecule has 1 aromatic carbocycles. The summed E-state index contributed by atoms with van der Waals surface area (Å²) in [5, 5.41) is 0. The zero-order chi connectivity index (χ0) is 10.3. The van der Waals surface area contributed by atoms with Crippen LogP contribution in [0.2, 0.25) is 0 Å². The molecule has 74 valence electrons. The first kappa shape index (κ1) is 9.25. The Kier molecular flexibility index (Phi) is 2.06. The van der Waals surface area contributed by atoms with Crippen molar-refractivity contribution in [2.24, 2.45) is 0 Å². The van der Waals surface area contributed by atoms with Crippen LogP contribution >= 0.6 is 0 Å². The molecule has 1 aliphatic rings. The lowest BCUT2D eigenvalue weighted by atomic mass is 9.97. The zero-order valence-electron chi connectivity index (χ0n) is 8.76. The molecule has 0 fully saturated rings. The Morgan fingerprint density at radius 2 is 1.93 bits per heavy atom. The SMILES string of the molecule is Cc1cc2c(cc1C)C(=O)CC(C)O2. The van der Waals surface area contributed by atoms with Crippen molar-refractivity contribution in [3.63, 3.8) is 0 Å². The second-order valence-electron chi connectivity index (χ2n) is 3.99. The lowest BCUT2D eigenvalue weighted by Gasteiger charge is -2.23. The fraction of sp³-hybridized carbons (Fsp3) is 0.417. The molecule has 0 aromatic heterocycles. The van der Waals surface area contributed by atoms with Crippen molar-refractivity contribution in [1.82, 2.24) is 0 Å². The normalized spacial score (nSPS) is 20.2. The molecule has 0 saturated carbocycles. The molecule has 1 heterocycles. The minimum Gasteiger partial charge on any atom is -0.489 e. The molecule has 2 nitrogen and oxygen atoms in total. The molecule has 0 aliphatic carbocycles. The van der Waals surface area contributed by atoms with E-state index >= 15 is 0 Å². The molecule has 0 spiro atoms. The Balaban J connectivity index is 2.55. The van der Waals surface area contributed by atoms with E-state index in [-0.39, 0.29) is 11.9 Å². The van der Waals surface area contributed by atoms with E-state index in [1.54, 1.807) is 0 Å². The third kappa shape index (κ3) is 1.41. The number of hydrogen-bond acceptors (Lipinski definition) is 2. The maximum Gasteiger partial charge on any atom is 0.170 e. The predicted octanol–water partition coefficient (Wildman–Crippen LogP) is 2.66. The molecule has 2 heteroatoms. The summed E-state index contributed by atoms with van der Waals surface area (Å²) in [6, 6.07) is 3.89. The van der Waals surface area contributed by atoms with Gasteiger partial charge in [-0.2, -0.15) is 0 Å².